The highest BCUT2D eigenvalue weighted by Gasteiger charge is 2.24. The molecule has 0 unspecified atom stereocenters. The SMILES string of the molecule is CCCC[N+](CCCC)(CCCC)CCCC.O=[N+]([O-])c1cccc(S(=O)(=O)O)c1. The monoisotopic (exact) mass is 445 g/mol. The lowest BCUT2D eigenvalue weighted by molar-refractivity contribution is -0.929. The lowest BCUT2D eigenvalue weighted by Crippen LogP contribution is -2.50. The van der Waals surface area contributed by atoms with Crippen molar-refractivity contribution in [3.63, 3.8) is 0 Å². The normalized spacial score (nSPS) is 11.6. The molecule has 7 nitrogen and oxygen atoms in total. The number of nitro groups is 1. The molecule has 1 aromatic rings. The summed E-state index contributed by atoms with van der Waals surface area (Å²) >= 11 is 0. The molecular formula is C22H41N2O5S+. The molecule has 0 radical (unpaired) electrons. The topological polar surface area (TPSA) is 97.5 Å². The standard InChI is InChI=1S/C16H36N.C6H5NO5S/c1-5-9-13-17(14-10-6-2,15-11-7-3)16-12-8-4;8-7(9)5-2-1-3-6(4-5)13(10,11)12/h5-16H2,1-4H3;1-4H,(H,10,11,12)/q+1;. The predicted molar refractivity (Wildman–Crippen MR) is 122 cm³/mol. The highest BCUT2D eigenvalue weighted by molar-refractivity contribution is 7.85. The minimum atomic E-state index is -4.36. The summed E-state index contributed by atoms with van der Waals surface area (Å²) in [5, 5.41) is 10.2. The summed E-state index contributed by atoms with van der Waals surface area (Å²) in [4.78, 5) is 8.98. The summed E-state index contributed by atoms with van der Waals surface area (Å²) in [6.45, 7) is 15.0. The van der Waals surface area contributed by atoms with Crippen LogP contribution in [0.25, 0.3) is 0 Å². The Morgan fingerprint density at radius 3 is 1.57 bits per heavy atom. The fourth-order valence-corrected chi connectivity index (χ4v) is 3.92. The lowest BCUT2D eigenvalue weighted by Gasteiger charge is -2.39. The first kappa shape index (κ1) is 28.5. The first-order chi connectivity index (χ1) is 14.2. The zero-order chi connectivity index (χ0) is 23.0. The fraction of sp³-hybridized carbons (Fsp3) is 0.727. The van der Waals surface area contributed by atoms with E-state index < -0.39 is 19.9 Å². The van der Waals surface area contributed by atoms with Gasteiger partial charge in [0, 0.05) is 12.1 Å². The van der Waals surface area contributed by atoms with Gasteiger partial charge in [-0.15, -0.1) is 0 Å². The van der Waals surface area contributed by atoms with Crippen LogP contribution >= 0.6 is 0 Å². The van der Waals surface area contributed by atoms with Gasteiger partial charge in [-0.25, -0.2) is 0 Å². The van der Waals surface area contributed by atoms with Gasteiger partial charge >= 0.3 is 0 Å². The van der Waals surface area contributed by atoms with Crippen LogP contribution in [-0.2, 0) is 10.1 Å². The smallest absolute Gasteiger partial charge is 0.294 e. The Hall–Kier alpha value is -1.51. The van der Waals surface area contributed by atoms with Crippen molar-refractivity contribution in [2.45, 2.75) is 84.0 Å². The van der Waals surface area contributed by atoms with E-state index in [1.807, 2.05) is 0 Å². The van der Waals surface area contributed by atoms with Gasteiger partial charge in [0.25, 0.3) is 15.8 Å². The molecular weight excluding hydrogens is 404 g/mol. The van der Waals surface area contributed by atoms with E-state index in [9.17, 15) is 18.5 Å². The molecule has 0 fully saturated rings. The minimum Gasteiger partial charge on any atom is -0.324 e. The number of hydrogen-bond donors (Lipinski definition) is 1. The van der Waals surface area contributed by atoms with Crippen molar-refractivity contribution >= 4 is 15.8 Å². The number of non-ortho nitro benzene ring substituents is 1. The van der Waals surface area contributed by atoms with Crippen LogP contribution in [0.15, 0.2) is 29.2 Å². The predicted octanol–water partition coefficient (Wildman–Crippen LogP) is 5.85. The van der Waals surface area contributed by atoms with Crippen LogP contribution < -0.4 is 0 Å². The van der Waals surface area contributed by atoms with Crippen molar-refractivity contribution in [2.24, 2.45) is 0 Å². The van der Waals surface area contributed by atoms with Crippen molar-refractivity contribution in [1.29, 1.82) is 0 Å². The van der Waals surface area contributed by atoms with E-state index in [1.54, 1.807) is 0 Å². The van der Waals surface area contributed by atoms with Crippen LogP contribution in [0.1, 0.15) is 79.1 Å². The van der Waals surface area contributed by atoms with Gasteiger partial charge in [-0.05, 0) is 31.7 Å². The number of rotatable bonds is 14. The third kappa shape index (κ3) is 11.6. The maximum absolute atomic E-state index is 10.5. The average Bonchev–Trinajstić information content (AvgIpc) is 2.72. The molecule has 0 bridgehead atoms. The van der Waals surface area contributed by atoms with E-state index >= 15 is 0 Å². The second kappa shape index (κ2) is 15.3. The van der Waals surface area contributed by atoms with Crippen molar-refractivity contribution in [1.82, 2.24) is 0 Å². The van der Waals surface area contributed by atoms with Crippen molar-refractivity contribution in [3.05, 3.63) is 34.4 Å². The molecule has 0 aliphatic heterocycles. The minimum absolute atomic E-state index is 0.380. The molecule has 0 amide bonds. The summed E-state index contributed by atoms with van der Waals surface area (Å²) < 4.78 is 31.0. The zero-order valence-corrected chi connectivity index (χ0v) is 20.0. The molecule has 0 aliphatic carbocycles. The molecule has 0 aromatic heterocycles. The molecule has 1 aromatic carbocycles. The quantitative estimate of drug-likeness (QED) is 0.168. The number of nitro benzene ring substituents is 1. The van der Waals surface area contributed by atoms with E-state index in [4.69, 9.17) is 4.55 Å². The first-order valence-electron chi connectivity index (χ1n) is 11.2. The Kier molecular flexibility index (Phi) is 14.5. The molecule has 30 heavy (non-hydrogen) atoms. The molecule has 0 saturated carbocycles. The molecule has 0 aliphatic rings. The number of quaternary nitrogens is 1. The highest BCUT2D eigenvalue weighted by atomic mass is 32.2. The Bertz CT molecular complexity index is 670. The maximum Gasteiger partial charge on any atom is 0.294 e. The second-order valence-corrected chi connectivity index (χ2v) is 9.30. The number of hydrogen-bond acceptors (Lipinski definition) is 4. The van der Waals surface area contributed by atoms with E-state index in [1.165, 1.54) is 88.1 Å². The average molecular weight is 446 g/mol. The highest BCUT2D eigenvalue weighted by Crippen LogP contribution is 2.17. The summed E-state index contributed by atoms with van der Waals surface area (Å²) in [5.41, 5.74) is -0.380. The summed E-state index contributed by atoms with van der Waals surface area (Å²) in [6, 6.07) is 4.17. The summed E-state index contributed by atoms with van der Waals surface area (Å²) in [7, 11) is -4.36. The second-order valence-electron chi connectivity index (χ2n) is 7.88. The molecule has 0 saturated heterocycles. The van der Waals surface area contributed by atoms with Crippen molar-refractivity contribution in [2.75, 3.05) is 26.2 Å². The fourth-order valence-electron chi connectivity index (χ4n) is 3.40. The summed E-state index contributed by atoms with van der Waals surface area (Å²) in [6.07, 6.45) is 11.1. The Morgan fingerprint density at radius 1 is 0.867 bits per heavy atom. The van der Waals surface area contributed by atoms with Crippen LogP contribution in [0, 0.1) is 10.1 Å². The van der Waals surface area contributed by atoms with E-state index in [-0.39, 0.29) is 5.69 Å². The van der Waals surface area contributed by atoms with Gasteiger partial charge in [0.2, 0.25) is 0 Å². The van der Waals surface area contributed by atoms with Gasteiger partial charge in [-0.3, -0.25) is 14.7 Å². The third-order valence-corrected chi connectivity index (χ3v) is 6.12. The van der Waals surface area contributed by atoms with Crippen LogP contribution in [-0.4, -0.2) is 48.6 Å². The molecule has 8 heteroatoms. The Labute approximate surface area is 183 Å². The maximum atomic E-state index is 10.5. The van der Waals surface area contributed by atoms with Gasteiger partial charge in [0.1, 0.15) is 4.90 Å². The number of benzene rings is 1. The van der Waals surface area contributed by atoms with E-state index in [0.717, 1.165) is 18.2 Å². The molecule has 0 atom stereocenters. The van der Waals surface area contributed by atoms with Crippen LogP contribution in [0.2, 0.25) is 0 Å². The van der Waals surface area contributed by atoms with Crippen molar-refractivity contribution in [3.8, 4) is 0 Å². The molecule has 0 spiro atoms. The van der Waals surface area contributed by atoms with Crippen LogP contribution in [0.4, 0.5) is 5.69 Å². The van der Waals surface area contributed by atoms with Gasteiger partial charge < -0.3 is 4.48 Å². The van der Waals surface area contributed by atoms with Gasteiger partial charge in [-0.2, -0.15) is 8.42 Å². The Balaban J connectivity index is 0.000000579. The number of unbranched alkanes of at least 4 members (excludes halogenated alkanes) is 4. The zero-order valence-electron chi connectivity index (χ0n) is 19.2. The van der Waals surface area contributed by atoms with Crippen molar-refractivity contribution < 1.29 is 22.4 Å². The summed E-state index contributed by atoms with van der Waals surface area (Å²) in [5.74, 6) is 0. The van der Waals surface area contributed by atoms with E-state index in [2.05, 4.69) is 27.7 Å². The third-order valence-electron chi connectivity index (χ3n) is 5.27. The van der Waals surface area contributed by atoms with Gasteiger partial charge in [-0.1, -0.05) is 59.4 Å². The number of nitrogens with zero attached hydrogens (tertiary/aromatic N) is 2. The molecule has 174 valence electrons. The largest absolute Gasteiger partial charge is 0.324 e. The van der Waals surface area contributed by atoms with Crippen LogP contribution in [0.5, 0.6) is 0 Å². The lowest BCUT2D eigenvalue weighted by atomic mass is 10.1. The van der Waals surface area contributed by atoms with Gasteiger partial charge in [0.05, 0.1) is 31.1 Å². The Morgan fingerprint density at radius 2 is 1.27 bits per heavy atom. The van der Waals surface area contributed by atoms with E-state index in [0.29, 0.717) is 0 Å². The van der Waals surface area contributed by atoms with Crippen LogP contribution in [0.3, 0.4) is 0 Å². The molecule has 1 N–H and O–H groups in total. The van der Waals surface area contributed by atoms with Gasteiger partial charge in [0.15, 0.2) is 0 Å². The first-order valence-corrected chi connectivity index (χ1v) is 12.7. The molecule has 1 rings (SSSR count). The molecule has 0 heterocycles.